The maximum atomic E-state index is 13.0. The van der Waals surface area contributed by atoms with Gasteiger partial charge in [-0.3, -0.25) is 4.79 Å². The Balaban J connectivity index is 2.10. The monoisotopic (exact) mass is 294 g/mol. The second kappa shape index (κ2) is 5.14. The number of amides is 2. The summed E-state index contributed by atoms with van der Waals surface area (Å²) in [6.07, 6.45) is -2.75. The van der Waals surface area contributed by atoms with Crippen LogP contribution in [0.3, 0.4) is 0 Å². The molecular formula is C12H17F3N2O3. The Hall–Kier alpha value is -1.47. The van der Waals surface area contributed by atoms with E-state index in [0.29, 0.717) is 13.1 Å². The number of piperidine rings is 1. The second-order valence-corrected chi connectivity index (χ2v) is 5.39. The van der Waals surface area contributed by atoms with Gasteiger partial charge in [-0.05, 0) is 25.7 Å². The molecule has 1 N–H and O–H groups in total. The Labute approximate surface area is 114 Å². The van der Waals surface area contributed by atoms with E-state index in [4.69, 9.17) is 5.11 Å². The minimum absolute atomic E-state index is 0.166. The molecule has 114 valence electrons. The van der Waals surface area contributed by atoms with Gasteiger partial charge in [-0.2, -0.15) is 13.2 Å². The first-order chi connectivity index (χ1) is 9.28. The van der Waals surface area contributed by atoms with Crippen molar-refractivity contribution in [2.75, 3.05) is 26.2 Å². The largest absolute Gasteiger partial charge is 0.481 e. The number of nitrogens with zero attached hydrogens (tertiary/aromatic N) is 2. The summed E-state index contributed by atoms with van der Waals surface area (Å²) in [5, 5.41) is 8.94. The maximum absolute atomic E-state index is 13.0. The quantitative estimate of drug-likeness (QED) is 0.804. The van der Waals surface area contributed by atoms with E-state index in [0.717, 1.165) is 24.2 Å². The molecule has 0 saturated carbocycles. The molecule has 5 nitrogen and oxygen atoms in total. The standard InChI is InChI=1S/C12H17F3N2O3/c13-12(14,15)11(9(18)19)4-7-17(8-11)10(20)16-5-2-1-3-6-16/h1-8H2,(H,18,19). The summed E-state index contributed by atoms with van der Waals surface area (Å²) in [7, 11) is 0. The lowest BCUT2D eigenvalue weighted by molar-refractivity contribution is -0.227. The molecule has 2 rings (SSSR count). The van der Waals surface area contributed by atoms with Gasteiger partial charge in [-0.25, -0.2) is 4.79 Å². The summed E-state index contributed by atoms with van der Waals surface area (Å²) < 4.78 is 39.0. The van der Waals surface area contributed by atoms with Crippen LogP contribution in [-0.4, -0.2) is 59.3 Å². The summed E-state index contributed by atoms with van der Waals surface area (Å²) in [5.74, 6) is -1.90. The molecule has 0 spiro atoms. The van der Waals surface area contributed by atoms with Crippen molar-refractivity contribution in [3.05, 3.63) is 0 Å². The average molecular weight is 294 g/mol. The van der Waals surface area contributed by atoms with Gasteiger partial charge in [0, 0.05) is 26.2 Å². The fourth-order valence-electron chi connectivity index (χ4n) is 2.79. The number of carboxylic acids is 1. The smallest absolute Gasteiger partial charge is 0.406 e. The van der Waals surface area contributed by atoms with E-state index in [1.54, 1.807) is 0 Å². The first-order valence-corrected chi connectivity index (χ1v) is 6.62. The van der Waals surface area contributed by atoms with Crippen LogP contribution >= 0.6 is 0 Å². The fourth-order valence-corrected chi connectivity index (χ4v) is 2.79. The first kappa shape index (κ1) is 14.9. The third kappa shape index (κ3) is 2.43. The van der Waals surface area contributed by atoms with Crippen molar-refractivity contribution in [1.82, 2.24) is 9.80 Å². The van der Waals surface area contributed by atoms with Crippen molar-refractivity contribution in [3.8, 4) is 0 Å². The molecule has 0 aromatic rings. The van der Waals surface area contributed by atoms with Crippen LogP contribution in [0.1, 0.15) is 25.7 Å². The van der Waals surface area contributed by atoms with Gasteiger partial charge in [-0.15, -0.1) is 0 Å². The second-order valence-electron chi connectivity index (χ2n) is 5.39. The fraction of sp³-hybridized carbons (Fsp3) is 0.833. The number of rotatable bonds is 1. The lowest BCUT2D eigenvalue weighted by Gasteiger charge is -2.32. The van der Waals surface area contributed by atoms with Crippen LogP contribution < -0.4 is 0 Å². The molecule has 0 aliphatic carbocycles. The van der Waals surface area contributed by atoms with Gasteiger partial charge < -0.3 is 14.9 Å². The topological polar surface area (TPSA) is 60.9 Å². The zero-order chi connectivity index (χ0) is 15.0. The predicted molar refractivity (Wildman–Crippen MR) is 63.1 cm³/mol. The molecule has 0 aromatic heterocycles. The van der Waals surface area contributed by atoms with E-state index in [2.05, 4.69) is 0 Å². The Morgan fingerprint density at radius 1 is 1.00 bits per heavy atom. The van der Waals surface area contributed by atoms with Crippen LogP contribution in [0, 0.1) is 5.41 Å². The normalized spacial score (nSPS) is 27.8. The van der Waals surface area contributed by atoms with E-state index in [9.17, 15) is 22.8 Å². The van der Waals surface area contributed by atoms with Crippen LogP contribution in [0.2, 0.25) is 0 Å². The lowest BCUT2D eigenvalue weighted by atomic mass is 9.86. The van der Waals surface area contributed by atoms with Crippen molar-refractivity contribution in [1.29, 1.82) is 0 Å². The molecule has 0 bridgehead atoms. The minimum Gasteiger partial charge on any atom is -0.481 e. The molecule has 1 atom stereocenters. The molecule has 1 unspecified atom stereocenters. The van der Waals surface area contributed by atoms with Crippen molar-refractivity contribution < 1.29 is 27.9 Å². The van der Waals surface area contributed by atoms with Crippen LogP contribution in [0.5, 0.6) is 0 Å². The zero-order valence-electron chi connectivity index (χ0n) is 10.9. The number of aliphatic carboxylic acids is 1. The number of urea groups is 1. The Kier molecular flexibility index (Phi) is 3.84. The van der Waals surface area contributed by atoms with Gasteiger partial charge in [0.1, 0.15) is 0 Å². The van der Waals surface area contributed by atoms with E-state index >= 15 is 0 Å². The number of likely N-dealkylation sites (tertiary alicyclic amines) is 2. The highest BCUT2D eigenvalue weighted by Gasteiger charge is 2.64. The highest BCUT2D eigenvalue weighted by atomic mass is 19.4. The molecule has 2 aliphatic heterocycles. The average Bonchev–Trinajstić information content (AvgIpc) is 2.85. The third-order valence-electron chi connectivity index (χ3n) is 4.12. The number of carbonyl (C=O) groups is 2. The lowest BCUT2D eigenvalue weighted by Crippen LogP contribution is -2.50. The van der Waals surface area contributed by atoms with Crippen LogP contribution in [0.4, 0.5) is 18.0 Å². The number of carboxylic acid groups (broad SMARTS) is 1. The molecule has 2 saturated heterocycles. The summed E-state index contributed by atoms with van der Waals surface area (Å²) in [6.45, 7) is 0.102. The van der Waals surface area contributed by atoms with Crippen LogP contribution in [-0.2, 0) is 4.79 Å². The van der Waals surface area contributed by atoms with Crippen LogP contribution in [0.25, 0.3) is 0 Å². The molecule has 0 radical (unpaired) electrons. The highest BCUT2D eigenvalue weighted by Crippen LogP contribution is 2.45. The number of alkyl halides is 3. The van der Waals surface area contributed by atoms with Gasteiger partial charge in [0.15, 0.2) is 5.41 Å². The van der Waals surface area contributed by atoms with Crippen LogP contribution in [0.15, 0.2) is 0 Å². The maximum Gasteiger partial charge on any atom is 0.406 e. The van der Waals surface area contributed by atoms with Crippen molar-refractivity contribution >= 4 is 12.0 Å². The highest BCUT2D eigenvalue weighted by molar-refractivity contribution is 5.80. The molecule has 0 aromatic carbocycles. The third-order valence-corrected chi connectivity index (χ3v) is 4.12. The Morgan fingerprint density at radius 2 is 1.60 bits per heavy atom. The van der Waals surface area contributed by atoms with Gasteiger partial charge in [0.2, 0.25) is 0 Å². The van der Waals surface area contributed by atoms with Gasteiger partial charge >= 0.3 is 18.2 Å². The van der Waals surface area contributed by atoms with E-state index in [1.165, 1.54) is 4.90 Å². The summed E-state index contributed by atoms with van der Waals surface area (Å²) in [5.41, 5.74) is -2.82. The number of hydrogen-bond acceptors (Lipinski definition) is 2. The summed E-state index contributed by atoms with van der Waals surface area (Å²) in [4.78, 5) is 25.7. The van der Waals surface area contributed by atoms with Gasteiger partial charge in [-0.1, -0.05) is 0 Å². The Morgan fingerprint density at radius 3 is 2.05 bits per heavy atom. The molecule has 2 aliphatic rings. The van der Waals surface area contributed by atoms with E-state index < -0.39 is 36.6 Å². The minimum atomic E-state index is -4.85. The first-order valence-electron chi connectivity index (χ1n) is 6.62. The molecule has 20 heavy (non-hydrogen) atoms. The molecular weight excluding hydrogens is 277 g/mol. The van der Waals surface area contributed by atoms with Crippen molar-refractivity contribution in [2.24, 2.45) is 5.41 Å². The van der Waals surface area contributed by atoms with E-state index in [-0.39, 0.29) is 6.54 Å². The number of halogens is 3. The molecule has 2 amide bonds. The van der Waals surface area contributed by atoms with Gasteiger partial charge in [0.05, 0.1) is 0 Å². The predicted octanol–water partition coefficient (Wildman–Crippen LogP) is 1.93. The number of hydrogen-bond donors (Lipinski definition) is 1. The van der Waals surface area contributed by atoms with E-state index in [1.807, 2.05) is 0 Å². The van der Waals surface area contributed by atoms with Crippen molar-refractivity contribution in [3.63, 3.8) is 0 Å². The molecule has 2 heterocycles. The molecule has 2 fully saturated rings. The number of carbonyl (C=O) groups excluding carboxylic acids is 1. The zero-order valence-corrected chi connectivity index (χ0v) is 10.9. The van der Waals surface area contributed by atoms with Gasteiger partial charge in [0.25, 0.3) is 0 Å². The summed E-state index contributed by atoms with van der Waals surface area (Å²) >= 11 is 0. The SMILES string of the molecule is O=C(N1CCCCC1)N1CCC(C(=O)O)(C(F)(F)F)C1. The van der Waals surface area contributed by atoms with Crippen molar-refractivity contribution in [2.45, 2.75) is 31.9 Å². The molecule has 8 heteroatoms. The summed E-state index contributed by atoms with van der Waals surface area (Å²) in [6, 6.07) is -0.475. The Bertz CT molecular complexity index is 407.